The summed E-state index contributed by atoms with van der Waals surface area (Å²) in [5.74, 6) is 0. The molecule has 0 heterocycles. The third kappa shape index (κ3) is 3.87. The standard InChI is InChI=1S/C23H21ClO2/c24-22(18-25)16-17-26-23(19-10-4-1-5-11-19,20-12-6-2-7-13-20)21-14-8-3-9-15-21/h1-15,18,22H,16-17H2. The average Bonchev–Trinajstić information content (AvgIpc) is 2.73. The molecule has 1 atom stereocenters. The van der Waals surface area contributed by atoms with Crippen LogP contribution in [0, 0.1) is 0 Å². The van der Waals surface area contributed by atoms with E-state index in [2.05, 4.69) is 36.4 Å². The zero-order chi connectivity index (χ0) is 18.2. The van der Waals surface area contributed by atoms with Crippen molar-refractivity contribution in [2.75, 3.05) is 6.61 Å². The summed E-state index contributed by atoms with van der Waals surface area (Å²) in [6.45, 7) is 0.367. The summed E-state index contributed by atoms with van der Waals surface area (Å²) in [5, 5.41) is -0.546. The molecular weight excluding hydrogens is 344 g/mol. The van der Waals surface area contributed by atoms with Gasteiger partial charge in [0.25, 0.3) is 0 Å². The minimum absolute atomic E-state index is 0.367. The summed E-state index contributed by atoms with van der Waals surface area (Å²) in [6.07, 6.45) is 1.21. The molecule has 0 bridgehead atoms. The highest BCUT2D eigenvalue weighted by atomic mass is 35.5. The summed E-state index contributed by atoms with van der Waals surface area (Å²) in [7, 11) is 0. The minimum Gasteiger partial charge on any atom is -0.361 e. The lowest BCUT2D eigenvalue weighted by atomic mass is 9.80. The number of carbonyl (C=O) groups excluding carboxylic acids is 1. The molecule has 0 saturated heterocycles. The Labute approximate surface area is 159 Å². The van der Waals surface area contributed by atoms with Crippen LogP contribution in [-0.2, 0) is 15.1 Å². The molecule has 0 aromatic heterocycles. The Hall–Kier alpha value is -2.42. The summed E-state index contributed by atoms with van der Waals surface area (Å²) in [6, 6.07) is 30.4. The van der Waals surface area contributed by atoms with Crippen molar-refractivity contribution in [2.24, 2.45) is 0 Å². The number of hydrogen-bond acceptors (Lipinski definition) is 2. The highest BCUT2D eigenvalue weighted by Crippen LogP contribution is 2.40. The van der Waals surface area contributed by atoms with Crippen LogP contribution in [0.4, 0.5) is 0 Å². The van der Waals surface area contributed by atoms with Crippen molar-refractivity contribution in [1.29, 1.82) is 0 Å². The van der Waals surface area contributed by atoms with Crippen LogP contribution in [0.3, 0.4) is 0 Å². The maximum absolute atomic E-state index is 10.9. The predicted molar refractivity (Wildman–Crippen MR) is 105 cm³/mol. The molecule has 1 unspecified atom stereocenters. The molecule has 0 radical (unpaired) electrons. The summed E-state index contributed by atoms with van der Waals surface area (Å²) in [4.78, 5) is 10.9. The number of halogens is 1. The molecule has 3 aromatic carbocycles. The summed E-state index contributed by atoms with van der Waals surface area (Å²) < 4.78 is 6.52. The lowest BCUT2D eigenvalue weighted by molar-refractivity contribution is -0.108. The van der Waals surface area contributed by atoms with Crippen molar-refractivity contribution in [3.63, 3.8) is 0 Å². The van der Waals surface area contributed by atoms with Gasteiger partial charge in [-0.25, -0.2) is 0 Å². The van der Waals surface area contributed by atoms with Crippen LogP contribution in [0.5, 0.6) is 0 Å². The second-order valence-corrected chi connectivity index (χ2v) is 6.63. The Morgan fingerprint density at radius 3 is 1.50 bits per heavy atom. The molecule has 0 aliphatic rings. The van der Waals surface area contributed by atoms with E-state index in [-0.39, 0.29) is 0 Å². The van der Waals surface area contributed by atoms with Gasteiger partial charge < -0.3 is 9.53 Å². The Balaban J connectivity index is 2.13. The molecular formula is C23H21ClO2. The van der Waals surface area contributed by atoms with Gasteiger partial charge >= 0.3 is 0 Å². The first kappa shape index (κ1) is 18.4. The molecule has 0 saturated carbocycles. The molecule has 3 heteroatoms. The maximum Gasteiger partial charge on any atom is 0.143 e. The minimum atomic E-state index is -0.761. The van der Waals surface area contributed by atoms with Gasteiger partial charge in [-0.1, -0.05) is 91.0 Å². The van der Waals surface area contributed by atoms with E-state index in [1.807, 2.05) is 54.6 Å². The molecule has 3 aromatic rings. The molecule has 0 N–H and O–H groups in total. The van der Waals surface area contributed by atoms with E-state index in [1.165, 1.54) is 0 Å². The lowest BCUT2D eigenvalue weighted by Crippen LogP contribution is -2.33. The van der Waals surface area contributed by atoms with E-state index in [1.54, 1.807) is 0 Å². The largest absolute Gasteiger partial charge is 0.361 e. The molecule has 0 amide bonds. The fourth-order valence-corrected chi connectivity index (χ4v) is 3.25. The van der Waals surface area contributed by atoms with Crippen LogP contribution in [0.2, 0.25) is 0 Å². The summed E-state index contributed by atoms with van der Waals surface area (Å²) in [5.41, 5.74) is 2.35. The van der Waals surface area contributed by atoms with Crippen LogP contribution in [0.25, 0.3) is 0 Å². The van der Waals surface area contributed by atoms with E-state index in [9.17, 15) is 4.79 Å². The van der Waals surface area contributed by atoms with Gasteiger partial charge in [0.05, 0.1) is 12.0 Å². The van der Waals surface area contributed by atoms with Gasteiger partial charge in [-0.05, 0) is 23.1 Å². The van der Waals surface area contributed by atoms with Gasteiger partial charge in [-0.15, -0.1) is 11.6 Å². The van der Waals surface area contributed by atoms with Crippen molar-refractivity contribution in [1.82, 2.24) is 0 Å². The third-order valence-corrected chi connectivity index (χ3v) is 4.72. The third-order valence-electron chi connectivity index (χ3n) is 4.40. The highest BCUT2D eigenvalue weighted by molar-refractivity contribution is 6.27. The second-order valence-electron chi connectivity index (χ2n) is 6.07. The SMILES string of the molecule is O=CC(Cl)CCOC(c1ccccc1)(c1ccccc1)c1ccccc1. The van der Waals surface area contributed by atoms with Crippen molar-refractivity contribution in [2.45, 2.75) is 17.4 Å². The highest BCUT2D eigenvalue weighted by Gasteiger charge is 2.37. The van der Waals surface area contributed by atoms with Crippen LogP contribution in [0.15, 0.2) is 91.0 Å². The first-order chi connectivity index (χ1) is 12.8. The first-order valence-corrected chi connectivity index (χ1v) is 9.11. The van der Waals surface area contributed by atoms with Crippen molar-refractivity contribution < 1.29 is 9.53 Å². The average molecular weight is 365 g/mol. The van der Waals surface area contributed by atoms with Gasteiger partial charge in [0, 0.05) is 0 Å². The molecule has 26 heavy (non-hydrogen) atoms. The Bertz CT molecular complexity index is 707. The Kier molecular flexibility index (Phi) is 6.21. The number of rotatable bonds is 8. The monoisotopic (exact) mass is 364 g/mol. The zero-order valence-electron chi connectivity index (χ0n) is 14.4. The number of hydrogen-bond donors (Lipinski definition) is 0. The van der Waals surface area contributed by atoms with Crippen LogP contribution in [-0.4, -0.2) is 18.3 Å². The van der Waals surface area contributed by atoms with E-state index >= 15 is 0 Å². The fourth-order valence-electron chi connectivity index (χ4n) is 3.16. The zero-order valence-corrected chi connectivity index (χ0v) is 15.2. The van der Waals surface area contributed by atoms with Gasteiger partial charge in [-0.3, -0.25) is 0 Å². The molecule has 0 aliphatic heterocycles. The lowest BCUT2D eigenvalue weighted by Gasteiger charge is -2.36. The smallest absolute Gasteiger partial charge is 0.143 e. The van der Waals surface area contributed by atoms with Crippen LogP contribution < -0.4 is 0 Å². The maximum atomic E-state index is 10.9. The van der Waals surface area contributed by atoms with Crippen molar-refractivity contribution >= 4 is 17.9 Å². The normalized spacial score (nSPS) is 12.5. The van der Waals surface area contributed by atoms with Gasteiger partial charge in [0.1, 0.15) is 11.9 Å². The van der Waals surface area contributed by atoms with Crippen LogP contribution in [0.1, 0.15) is 23.1 Å². The van der Waals surface area contributed by atoms with Crippen molar-refractivity contribution in [3.05, 3.63) is 108 Å². The van der Waals surface area contributed by atoms with Gasteiger partial charge in [0.15, 0.2) is 0 Å². The van der Waals surface area contributed by atoms with Crippen LogP contribution >= 0.6 is 11.6 Å². The quantitative estimate of drug-likeness (QED) is 0.312. The van der Waals surface area contributed by atoms with Gasteiger partial charge in [-0.2, -0.15) is 0 Å². The molecule has 2 nitrogen and oxygen atoms in total. The first-order valence-electron chi connectivity index (χ1n) is 8.67. The van der Waals surface area contributed by atoms with Crippen molar-refractivity contribution in [3.8, 4) is 0 Å². The molecule has 3 rings (SSSR count). The van der Waals surface area contributed by atoms with E-state index in [0.717, 1.165) is 23.0 Å². The molecule has 132 valence electrons. The second kappa shape index (κ2) is 8.79. The Morgan fingerprint density at radius 2 is 1.15 bits per heavy atom. The predicted octanol–water partition coefficient (Wildman–Crippen LogP) is 5.19. The summed E-state index contributed by atoms with van der Waals surface area (Å²) >= 11 is 5.98. The molecule has 0 aliphatic carbocycles. The number of alkyl halides is 1. The fraction of sp³-hybridized carbons (Fsp3) is 0.174. The number of ether oxygens (including phenoxy) is 1. The molecule has 0 fully saturated rings. The number of carbonyl (C=O) groups is 1. The van der Waals surface area contributed by atoms with E-state index in [0.29, 0.717) is 13.0 Å². The number of aldehydes is 1. The van der Waals surface area contributed by atoms with E-state index < -0.39 is 11.0 Å². The molecule has 0 spiro atoms. The van der Waals surface area contributed by atoms with Gasteiger partial charge in [0.2, 0.25) is 0 Å². The van der Waals surface area contributed by atoms with E-state index in [4.69, 9.17) is 16.3 Å². The Morgan fingerprint density at radius 1 is 0.769 bits per heavy atom. The topological polar surface area (TPSA) is 26.3 Å². The number of benzene rings is 3.